The van der Waals surface area contributed by atoms with Gasteiger partial charge in [0.05, 0.1) is 6.54 Å². The van der Waals surface area contributed by atoms with Crippen LogP contribution in [0.3, 0.4) is 0 Å². The number of hydrogen-bond acceptors (Lipinski definition) is 3. The molecule has 1 rings (SSSR count). The maximum atomic E-state index is 12.0. The Morgan fingerprint density at radius 3 is 2.60 bits per heavy atom. The molecule has 2 amide bonds. The molecule has 20 heavy (non-hydrogen) atoms. The van der Waals surface area contributed by atoms with Crippen LogP contribution >= 0.6 is 15.9 Å². The van der Waals surface area contributed by atoms with Crippen LogP contribution in [0.5, 0.6) is 0 Å². The highest BCUT2D eigenvalue weighted by molar-refractivity contribution is 9.10. The predicted molar refractivity (Wildman–Crippen MR) is 71.5 cm³/mol. The van der Waals surface area contributed by atoms with E-state index in [0.717, 1.165) is 4.47 Å². The number of rotatable bonds is 6. The van der Waals surface area contributed by atoms with E-state index >= 15 is 0 Å². The number of aliphatic hydroxyl groups is 1. The molecule has 0 bridgehead atoms. The van der Waals surface area contributed by atoms with Gasteiger partial charge in [-0.2, -0.15) is 0 Å². The molecule has 0 aliphatic heterocycles. The van der Waals surface area contributed by atoms with Gasteiger partial charge in [0.1, 0.15) is 6.10 Å². The van der Waals surface area contributed by atoms with Gasteiger partial charge in [-0.05, 0) is 18.2 Å². The number of alkyl halides is 2. The quantitative estimate of drug-likeness (QED) is 0.713. The molecule has 0 aliphatic rings. The highest BCUT2D eigenvalue weighted by atomic mass is 79.9. The van der Waals surface area contributed by atoms with Gasteiger partial charge in [0.15, 0.2) is 0 Å². The molecule has 110 valence electrons. The SMILES string of the molecule is O=C(CNC(=O)c1cccc(Br)c1)NCC(O)C(F)F. The van der Waals surface area contributed by atoms with Crippen molar-refractivity contribution < 1.29 is 23.5 Å². The molecule has 1 aromatic rings. The Morgan fingerprint density at radius 2 is 2.00 bits per heavy atom. The van der Waals surface area contributed by atoms with Crippen LogP contribution in [0.4, 0.5) is 8.78 Å². The summed E-state index contributed by atoms with van der Waals surface area (Å²) in [5.74, 6) is -1.12. The Kier molecular flexibility index (Phi) is 6.53. The molecule has 0 aromatic heterocycles. The van der Waals surface area contributed by atoms with E-state index in [0.29, 0.717) is 5.56 Å². The molecule has 0 fully saturated rings. The lowest BCUT2D eigenvalue weighted by Crippen LogP contribution is -2.41. The van der Waals surface area contributed by atoms with E-state index in [9.17, 15) is 18.4 Å². The summed E-state index contributed by atoms with van der Waals surface area (Å²) in [7, 11) is 0. The summed E-state index contributed by atoms with van der Waals surface area (Å²) in [6.45, 7) is -0.926. The van der Waals surface area contributed by atoms with Crippen molar-refractivity contribution in [1.29, 1.82) is 0 Å². The molecule has 5 nitrogen and oxygen atoms in total. The average molecular weight is 351 g/mol. The molecule has 0 spiro atoms. The van der Waals surface area contributed by atoms with Crippen LogP contribution in [0.1, 0.15) is 10.4 Å². The van der Waals surface area contributed by atoms with Gasteiger partial charge in [-0.25, -0.2) is 8.78 Å². The highest BCUT2D eigenvalue weighted by Gasteiger charge is 2.17. The van der Waals surface area contributed by atoms with E-state index in [1.54, 1.807) is 24.3 Å². The average Bonchev–Trinajstić information content (AvgIpc) is 2.41. The highest BCUT2D eigenvalue weighted by Crippen LogP contribution is 2.11. The zero-order chi connectivity index (χ0) is 15.1. The maximum Gasteiger partial charge on any atom is 0.265 e. The van der Waals surface area contributed by atoms with Crippen molar-refractivity contribution in [2.45, 2.75) is 12.5 Å². The smallest absolute Gasteiger partial charge is 0.265 e. The van der Waals surface area contributed by atoms with Gasteiger partial charge < -0.3 is 15.7 Å². The molecule has 8 heteroatoms. The van der Waals surface area contributed by atoms with E-state index in [4.69, 9.17) is 5.11 Å². The molecule has 0 heterocycles. The van der Waals surface area contributed by atoms with Gasteiger partial charge in [0, 0.05) is 16.6 Å². The lowest BCUT2D eigenvalue weighted by atomic mass is 10.2. The van der Waals surface area contributed by atoms with Crippen molar-refractivity contribution in [2.24, 2.45) is 0 Å². The molecular weight excluding hydrogens is 338 g/mol. The largest absolute Gasteiger partial charge is 0.385 e. The van der Waals surface area contributed by atoms with Crippen molar-refractivity contribution in [3.8, 4) is 0 Å². The maximum absolute atomic E-state index is 12.0. The van der Waals surface area contributed by atoms with Crippen molar-refractivity contribution in [3.05, 3.63) is 34.3 Å². The standard InChI is InChI=1S/C12H13BrF2N2O3/c13-8-3-1-2-7(4-8)12(20)17-6-10(19)16-5-9(18)11(14)15/h1-4,9,11,18H,5-6H2,(H,16,19)(H,17,20). The number of carbonyl (C=O) groups excluding carboxylic acids is 2. The molecule has 1 atom stereocenters. The summed E-state index contributed by atoms with van der Waals surface area (Å²) >= 11 is 3.21. The fourth-order valence-corrected chi connectivity index (χ4v) is 1.66. The number of amides is 2. The predicted octanol–water partition coefficient (Wildman–Crippen LogP) is 0.921. The molecule has 0 saturated carbocycles. The third kappa shape index (κ3) is 5.62. The Labute approximate surface area is 122 Å². The lowest BCUT2D eigenvalue weighted by Gasteiger charge is -2.11. The topological polar surface area (TPSA) is 78.4 Å². The van der Waals surface area contributed by atoms with Gasteiger partial charge in [-0.3, -0.25) is 9.59 Å². The Morgan fingerprint density at radius 1 is 1.30 bits per heavy atom. The zero-order valence-electron chi connectivity index (χ0n) is 10.3. The monoisotopic (exact) mass is 350 g/mol. The Bertz CT molecular complexity index is 486. The number of carbonyl (C=O) groups is 2. The third-order valence-electron chi connectivity index (χ3n) is 2.30. The van der Waals surface area contributed by atoms with Crippen LogP contribution in [0.2, 0.25) is 0 Å². The van der Waals surface area contributed by atoms with E-state index in [-0.39, 0.29) is 6.54 Å². The Balaban J connectivity index is 2.36. The van der Waals surface area contributed by atoms with Gasteiger partial charge in [-0.15, -0.1) is 0 Å². The van der Waals surface area contributed by atoms with Crippen LogP contribution in [-0.4, -0.2) is 42.5 Å². The minimum Gasteiger partial charge on any atom is -0.385 e. The number of hydrogen-bond donors (Lipinski definition) is 3. The van der Waals surface area contributed by atoms with Crippen LogP contribution in [0.15, 0.2) is 28.7 Å². The zero-order valence-corrected chi connectivity index (χ0v) is 11.9. The van der Waals surface area contributed by atoms with E-state index in [2.05, 4.69) is 26.6 Å². The molecule has 0 aliphatic carbocycles. The second kappa shape index (κ2) is 7.91. The van der Waals surface area contributed by atoms with Crippen molar-refractivity contribution >= 4 is 27.7 Å². The van der Waals surface area contributed by atoms with Gasteiger partial charge in [0.25, 0.3) is 12.3 Å². The van der Waals surface area contributed by atoms with E-state index in [1.165, 1.54) is 0 Å². The minimum absolute atomic E-state index is 0.360. The first-order valence-corrected chi connectivity index (χ1v) is 6.46. The number of aliphatic hydroxyl groups excluding tert-OH is 1. The number of benzene rings is 1. The summed E-state index contributed by atoms with van der Waals surface area (Å²) in [5.41, 5.74) is 0.361. The van der Waals surface area contributed by atoms with Gasteiger partial charge in [-0.1, -0.05) is 22.0 Å². The summed E-state index contributed by atoms with van der Waals surface area (Å²) in [6.07, 6.45) is -4.84. The molecule has 3 N–H and O–H groups in total. The van der Waals surface area contributed by atoms with Crippen LogP contribution < -0.4 is 10.6 Å². The molecule has 0 saturated heterocycles. The third-order valence-corrected chi connectivity index (χ3v) is 2.79. The van der Waals surface area contributed by atoms with E-state index in [1.807, 2.05) is 0 Å². The van der Waals surface area contributed by atoms with E-state index < -0.39 is 30.9 Å². The summed E-state index contributed by atoms with van der Waals surface area (Å²) in [5, 5.41) is 13.2. The second-order valence-electron chi connectivity index (χ2n) is 3.90. The molecular formula is C12H13BrF2N2O3. The van der Waals surface area contributed by atoms with Crippen LogP contribution in [0, 0.1) is 0 Å². The fourth-order valence-electron chi connectivity index (χ4n) is 1.26. The molecule has 1 unspecified atom stereocenters. The molecule has 0 radical (unpaired) electrons. The normalized spacial score (nSPS) is 12.1. The first-order chi connectivity index (χ1) is 9.40. The van der Waals surface area contributed by atoms with Crippen LogP contribution in [-0.2, 0) is 4.79 Å². The first-order valence-electron chi connectivity index (χ1n) is 5.67. The first kappa shape index (κ1) is 16.5. The Hall–Kier alpha value is -1.54. The van der Waals surface area contributed by atoms with Crippen molar-refractivity contribution in [1.82, 2.24) is 10.6 Å². The van der Waals surface area contributed by atoms with Crippen LogP contribution in [0.25, 0.3) is 0 Å². The number of nitrogens with one attached hydrogen (secondary N) is 2. The fraction of sp³-hybridized carbons (Fsp3) is 0.333. The summed E-state index contributed by atoms with van der Waals surface area (Å²) in [4.78, 5) is 22.9. The minimum atomic E-state index is -2.92. The second-order valence-corrected chi connectivity index (χ2v) is 4.81. The number of halogens is 3. The van der Waals surface area contributed by atoms with Crippen molar-refractivity contribution in [2.75, 3.05) is 13.1 Å². The molecule has 1 aromatic carbocycles. The summed E-state index contributed by atoms with van der Waals surface area (Å²) < 4.78 is 24.7. The van der Waals surface area contributed by atoms with Gasteiger partial charge >= 0.3 is 0 Å². The van der Waals surface area contributed by atoms with Gasteiger partial charge in [0.2, 0.25) is 5.91 Å². The van der Waals surface area contributed by atoms with Crippen molar-refractivity contribution in [3.63, 3.8) is 0 Å². The summed E-state index contributed by atoms with van der Waals surface area (Å²) in [6, 6.07) is 6.56. The lowest BCUT2D eigenvalue weighted by molar-refractivity contribution is -0.121.